The molecule has 8 aromatic rings. The van der Waals surface area contributed by atoms with Crippen molar-refractivity contribution in [2.24, 2.45) is 25.5 Å². The van der Waals surface area contributed by atoms with Crippen molar-refractivity contribution < 1.29 is 70.5 Å². The predicted octanol–water partition coefficient (Wildman–Crippen LogP) is 16.1. The number of sulfonamides is 4. The second-order valence-corrected chi connectivity index (χ2v) is 32.9. The van der Waals surface area contributed by atoms with Crippen molar-refractivity contribution in [3.8, 4) is 46.0 Å². The maximum Gasteiger partial charge on any atom is 0.401 e. The van der Waals surface area contributed by atoms with Gasteiger partial charge in [0.15, 0.2) is 23.0 Å². The van der Waals surface area contributed by atoms with E-state index < -0.39 is 52.8 Å². The van der Waals surface area contributed by atoms with Crippen molar-refractivity contribution in [1.29, 1.82) is 0 Å². The predicted molar refractivity (Wildman–Crippen MR) is 437 cm³/mol. The van der Waals surface area contributed by atoms with E-state index in [1.807, 2.05) is 79.7 Å². The van der Waals surface area contributed by atoms with Crippen LogP contribution in [0.3, 0.4) is 0 Å². The molecule has 2 aliphatic heterocycles. The fraction of sp³-hybridized carbons (Fsp3) is 0.346. The Morgan fingerprint density at radius 3 is 1.13 bits per heavy atom. The third-order valence-corrected chi connectivity index (χ3v) is 21.3. The van der Waals surface area contributed by atoms with E-state index >= 15 is 0 Å². The van der Waals surface area contributed by atoms with Crippen LogP contribution in [0.5, 0.6) is 46.0 Å². The number of unbranched alkanes of at least 4 members (excludes halogenated alkanes) is 4. The summed E-state index contributed by atoms with van der Waals surface area (Å²) in [7, 11) is -16.1. The van der Waals surface area contributed by atoms with Crippen molar-refractivity contribution in [2.45, 2.75) is 136 Å². The van der Waals surface area contributed by atoms with Gasteiger partial charge in [-0.2, -0.15) is 13.2 Å². The quantitative estimate of drug-likeness (QED) is 0.0130. The van der Waals surface area contributed by atoms with E-state index in [1.54, 1.807) is 109 Å². The number of nitrogens with two attached hydrogens (primary N) is 4. The molecule has 0 saturated carbocycles. The summed E-state index contributed by atoms with van der Waals surface area (Å²) in [5, 5.41) is 38.1. The molecular formula is C78H99ClF3N11O13S5. The summed E-state index contributed by atoms with van der Waals surface area (Å²) >= 11 is 7.48. The first kappa shape index (κ1) is 89.7. The van der Waals surface area contributed by atoms with E-state index in [4.69, 9.17) is 55.8 Å². The Labute approximate surface area is 659 Å². The molecule has 8 aromatic carbocycles. The van der Waals surface area contributed by atoms with Gasteiger partial charge >= 0.3 is 6.18 Å². The van der Waals surface area contributed by atoms with Gasteiger partial charge in [0.2, 0.25) is 40.1 Å². The Kier molecular flexibility index (Phi) is 36.1. The van der Waals surface area contributed by atoms with E-state index in [2.05, 4.69) is 57.2 Å². The lowest BCUT2D eigenvalue weighted by molar-refractivity contribution is -0.125. The van der Waals surface area contributed by atoms with E-state index in [9.17, 15) is 46.8 Å². The van der Waals surface area contributed by atoms with Crippen LogP contribution in [0.1, 0.15) is 108 Å². The summed E-state index contributed by atoms with van der Waals surface area (Å²) in [5.74, 6) is 3.46. The molecule has 111 heavy (non-hydrogen) atoms. The highest BCUT2D eigenvalue weighted by molar-refractivity contribution is 8.13. The van der Waals surface area contributed by atoms with Gasteiger partial charge in [0.05, 0.1) is 47.6 Å². The molecule has 0 radical (unpaired) electrons. The Balaban J connectivity index is 0.000000206. The summed E-state index contributed by atoms with van der Waals surface area (Å²) in [6.07, 6.45) is 7.84. The number of para-hydroxylation sites is 4. The topological polar surface area (TPSA) is 363 Å². The Hall–Kier alpha value is -8.48. The fourth-order valence-corrected chi connectivity index (χ4v) is 14.7. The van der Waals surface area contributed by atoms with Crippen molar-refractivity contribution >= 4 is 91.2 Å². The average Bonchev–Trinajstić information content (AvgIpc) is 0.903. The second kappa shape index (κ2) is 44.7. The molecule has 0 unspecified atom stereocenters. The molecule has 2 aliphatic rings. The first-order valence-electron chi connectivity index (χ1n) is 36.1. The highest BCUT2D eigenvalue weighted by atomic mass is 35.5. The van der Waals surface area contributed by atoms with Crippen LogP contribution in [-0.4, -0.2) is 109 Å². The summed E-state index contributed by atoms with van der Waals surface area (Å²) in [5.41, 5.74) is 4.86. The number of hydrogen-bond acceptors (Lipinski definition) is 21. The number of aliphatic imine (C=N–C) groups is 1. The molecule has 2 heterocycles. The summed E-state index contributed by atoms with van der Waals surface area (Å²) in [6.45, 7) is 13.2. The highest BCUT2D eigenvalue weighted by Crippen LogP contribution is 2.42. The standard InChI is InChI=1S/C21H29N3O4S.C21H25N3O3S2.C19H24F3N3O3S.C17H21ClN2O3S/c1-2-3-9-23-19-14-17(16-24-10-12-27-13-11-24)15-20(29(22,25)26)21(19)28-18-7-5-4-6-8-18;1-2-3-11-23-18-13-16(15-28-20-10-7-12-24-20)14-19(29(22,25)26)21(18)27-17-8-5-4-6-9-17;1-2-3-9-25-16-10-14(12-24-13-19(20,21)22)11-17(29(23,26)27)18(16)28-15-7-5-4-6-8-15;1-2-3-9-20-15-10-13(12-18)11-16(24(19,21)22)17(15)23-14-7-5-4-6-8-14/h4-8,14-15,23H,2-3,9-13,16H2,1H3,(H2,22,25,26);4-9,12-14,23H,2-3,10-11,15H2,1H3,(H2,22,25,26);4-8,10-11,24-25H,2-3,9,12-13H2,1H3,(H2,23,26,27);4-8,10-11,20H,2-3,9,12H2,1H3,(H2,19,21,22). The summed E-state index contributed by atoms with van der Waals surface area (Å²) in [4.78, 5) is 6.12. The molecular weight excluding hydrogens is 1550 g/mol. The number of primary sulfonamides is 4. The molecule has 0 spiro atoms. The number of nitrogens with one attached hydrogen (secondary N) is 5. The van der Waals surface area contributed by atoms with Gasteiger partial charge in [0.1, 0.15) is 42.6 Å². The number of allylic oxidation sites excluding steroid dienone is 1. The van der Waals surface area contributed by atoms with Crippen LogP contribution in [-0.2, 0) is 69.6 Å². The number of morpholine rings is 1. The van der Waals surface area contributed by atoms with Gasteiger partial charge in [0, 0.05) is 76.6 Å². The number of anilines is 4. The first-order valence-corrected chi connectivity index (χ1v) is 43.8. The van der Waals surface area contributed by atoms with Gasteiger partial charge in [-0.1, -0.05) is 132 Å². The minimum Gasteiger partial charge on any atom is -0.454 e. The Morgan fingerprint density at radius 2 is 0.802 bits per heavy atom. The number of rotatable bonds is 36. The maximum atomic E-state index is 12.4. The second-order valence-electron chi connectivity index (χ2n) is 25.5. The van der Waals surface area contributed by atoms with Gasteiger partial charge in [0.25, 0.3) is 0 Å². The van der Waals surface area contributed by atoms with E-state index in [1.165, 1.54) is 12.1 Å². The van der Waals surface area contributed by atoms with E-state index in [0.717, 1.165) is 87.0 Å². The van der Waals surface area contributed by atoms with Gasteiger partial charge in [-0.3, -0.25) is 9.89 Å². The number of halogens is 4. The van der Waals surface area contributed by atoms with Crippen LogP contribution in [0.25, 0.3) is 0 Å². The van der Waals surface area contributed by atoms with Crippen molar-refractivity contribution in [3.63, 3.8) is 0 Å². The molecule has 0 aromatic heterocycles. The largest absolute Gasteiger partial charge is 0.454 e. The average molecular weight is 1650 g/mol. The zero-order valence-corrected chi connectivity index (χ0v) is 67.3. The van der Waals surface area contributed by atoms with Gasteiger partial charge < -0.3 is 50.3 Å². The smallest absolute Gasteiger partial charge is 0.401 e. The van der Waals surface area contributed by atoms with Crippen LogP contribution in [0.2, 0.25) is 0 Å². The molecule has 0 amide bonds. The minimum absolute atomic E-state index is 0.00823. The molecule has 10 rings (SSSR count). The lowest BCUT2D eigenvalue weighted by atomic mass is 10.1. The molecule has 0 bridgehead atoms. The molecule has 33 heteroatoms. The van der Waals surface area contributed by atoms with Crippen LogP contribution in [0.4, 0.5) is 35.9 Å². The molecule has 24 nitrogen and oxygen atoms in total. The Morgan fingerprint density at radius 1 is 0.477 bits per heavy atom. The lowest BCUT2D eigenvalue weighted by Gasteiger charge is -2.27. The zero-order chi connectivity index (χ0) is 80.5. The molecule has 1 fully saturated rings. The third kappa shape index (κ3) is 30.9. The molecule has 0 aliphatic carbocycles. The molecule has 0 atom stereocenters. The van der Waals surface area contributed by atoms with E-state index in [-0.39, 0.29) is 55.0 Å². The van der Waals surface area contributed by atoms with Crippen LogP contribution in [0.15, 0.2) is 207 Å². The monoisotopic (exact) mass is 1650 g/mol. The van der Waals surface area contributed by atoms with Crippen molar-refractivity contribution in [2.75, 3.05) is 80.3 Å². The molecule has 1 saturated heterocycles. The SMILES string of the molecule is CCCCNc1cc(CCl)cc(S(N)(=O)=O)c1Oc1ccccc1.CCCCNc1cc(CN2CCOCC2)cc(S(N)(=O)=O)c1Oc1ccccc1.CCCCNc1cc(CNCC(F)(F)F)cc(S(N)(=O)=O)c1Oc1ccccc1.CCCCNc1cc(CSC2=NC=CC2)cc(S(N)(=O)=O)c1Oc1ccccc1. The number of thioether (sulfide) groups is 1. The third-order valence-electron chi connectivity index (χ3n) is 16.3. The number of nitrogens with zero attached hydrogens (tertiary/aromatic N) is 2. The number of ether oxygens (including phenoxy) is 5. The molecule has 602 valence electrons. The normalized spacial score (nSPS) is 13.1. The highest BCUT2D eigenvalue weighted by Gasteiger charge is 2.29. The fourth-order valence-electron chi connectivity index (χ4n) is 10.8. The van der Waals surface area contributed by atoms with Gasteiger partial charge in [-0.25, -0.2) is 54.2 Å². The molecule has 13 N–H and O–H groups in total. The van der Waals surface area contributed by atoms with Gasteiger partial charge in [-0.15, -0.1) is 23.4 Å². The number of benzene rings is 8. The number of hydrogen-bond donors (Lipinski definition) is 9. The van der Waals surface area contributed by atoms with Gasteiger partial charge in [-0.05, 0) is 145 Å². The first-order chi connectivity index (χ1) is 53.0. The maximum absolute atomic E-state index is 12.4. The number of alkyl halides is 4. The van der Waals surface area contributed by atoms with Crippen molar-refractivity contribution in [3.05, 3.63) is 204 Å². The minimum atomic E-state index is -4.37. The summed E-state index contributed by atoms with van der Waals surface area (Å²) < 4.78 is 164. The summed E-state index contributed by atoms with van der Waals surface area (Å²) in [6, 6.07) is 48.8. The Bertz CT molecular complexity index is 4800. The van der Waals surface area contributed by atoms with E-state index in [0.29, 0.717) is 109 Å². The van der Waals surface area contributed by atoms with Crippen LogP contribution in [0, 0.1) is 0 Å². The van der Waals surface area contributed by atoms with Crippen LogP contribution >= 0.6 is 23.4 Å². The lowest BCUT2D eigenvalue weighted by Crippen LogP contribution is -2.35. The zero-order valence-electron chi connectivity index (χ0n) is 62.4. The van der Waals surface area contributed by atoms with Crippen LogP contribution < -0.4 is 66.1 Å². The van der Waals surface area contributed by atoms with Crippen molar-refractivity contribution in [1.82, 2.24) is 10.2 Å².